The summed E-state index contributed by atoms with van der Waals surface area (Å²) >= 11 is 1.87. The summed E-state index contributed by atoms with van der Waals surface area (Å²) in [5.74, 6) is 0.612. The molecule has 7 heteroatoms. The zero-order valence-electron chi connectivity index (χ0n) is 10.6. The summed E-state index contributed by atoms with van der Waals surface area (Å²) in [6.07, 6.45) is 7.47. The minimum Gasteiger partial charge on any atom is -0.332 e. The molecule has 102 valence electrons. The van der Waals surface area contributed by atoms with Gasteiger partial charge in [-0.05, 0) is 38.9 Å². The predicted molar refractivity (Wildman–Crippen MR) is 73.2 cm³/mol. The molecule has 1 aromatic heterocycles. The monoisotopic (exact) mass is 289 g/mol. The quantitative estimate of drug-likeness (QED) is 0.884. The number of nitrogens with zero attached hydrogens (tertiary/aromatic N) is 1. The molecular weight excluding hydrogens is 270 g/mol. The number of hydrogen-bond donors (Lipinski definition) is 2. The summed E-state index contributed by atoms with van der Waals surface area (Å²) in [6, 6.07) is 0.0574. The largest absolute Gasteiger partial charge is 0.332 e. The third-order valence-electron chi connectivity index (χ3n) is 3.30. The van der Waals surface area contributed by atoms with Crippen LogP contribution >= 0.6 is 11.8 Å². The molecule has 0 radical (unpaired) electrons. The van der Waals surface area contributed by atoms with Crippen LogP contribution < -0.4 is 4.72 Å². The third-order valence-corrected chi connectivity index (χ3v) is 5.87. The minimum atomic E-state index is -3.44. The standard InChI is InChI=1S/C11H19N3O2S2/c1-8-12-7-11(13-8)18(15,16)14-9-3-5-10(17-2)6-4-9/h7,9-10,14H,3-6H2,1-2H3,(H,12,13). The van der Waals surface area contributed by atoms with E-state index in [4.69, 9.17) is 0 Å². The van der Waals surface area contributed by atoms with Crippen molar-refractivity contribution in [2.45, 2.75) is 48.9 Å². The first kappa shape index (κ1) is 13.9. The van der Waals surface area contributed by atoms with Gasteiger partial charge in [-0.1, -0.05) is 0 Å². The van der Waals surface area contributed by atoms with E-state index in [9.17, 15) is 8.42 Å². The molecule has 0 saturated heterocycles. The zero-order chi connectivity index (χ0) is 13.2. The highest BCUT2D eigenvalue weighted by Crippen LogP contribution is 2.27. The molecule has 0 spiro atoms. The summed E-state index contributed by atoms with van der Waals surface area (Å²) in [5, 5.41) is 0.840. The molecule has 1 saturated carbocycles. The van der Waals surface area contributed by atoms with E-state index in [0.29, 0.717) is 11.1 Å². The SMILES string of the molecule is CSC1CCC(NS(=O)(=O)c2cnc(C)[nH]2)CC1. The van der Waals surface area contributed by atoms with Crippen molar-refractivity contribution in [1.82, 2.24) is 14.7 Å². The first-order valence-corrected chi connectivity index (χ1v) is 8.85. The second-order valence-corrected chi connectivity index (χ2v) is 7.48. The molecule has 2 N–H and O–H groups in total. The second kappa shape index (κ2) is 5.63. The molecule has 1 heterocycles. The molecule has 0 aliphatic heterocycles. The molecule has 5 nitrogen and oxygen atoms in total. The van der Waals surface area contributed by atoms with Crippen LogP contribution in [0.3, 0.4) is 0 Å². The number of H-pyrrole nitrogens is 1. The van der Waals surface area contributed by atoms with E-state index in [1.54, 1.807) is 6.92 Å². The predicted octanol–water partition coefficient (Wildman–Crippen LogP) is 1.67. The van der Waals surface area contributed by atoms with E-state index >= 15 is 0 Å². The summed E-state index contributed by atoms with van der Waals surface area (Å²) in [6.45, 7) is 1.74. The van der Waals surface area contributed by atoms with Crippen molar-refractivity contribution in [1.29, 1.82) is 0 Å². The Kier molecular flexibility index (Phi) is 4.34. The van der Waals surface area contributed by atoms with E-state index in [0.717, 1.165) is 25.7 Å². The fraction of sp³-hybridized carbons (Fsp3) is 0.727. The van der Waals surface area contributed by atoms with Gasteiger partial charge in [0.2, 0.25) is 0 Å². The van der Waals surface area contributed by atoms with Crippen molar-refractivity contribution in [3.05, 3.63) is 12.0 Å². The van der Waals surface area contributed by atoms with Gasteiger partial charge >= 0.3 is 0 Å². The van der Waals surface area contributed by atoms with Gasteiger partial charge in [-0.2, -0.15) is 11.8 Å². The number of rotatable bonds is 4. The van der Waals surface area contributed by atoms with Crippen molar-refractivity contribution in [2.75, 3.05) is 6.26 Å². The van der Waals surface area contributed by atoms with E-state index in [1.807, 2.05) is 11.8 Å². The van der Waals surface area contributed by atoms with Crippen LogP contribution in [0.1, 0.15) is 31.5 Å². The van der Waals surface area contributed by atoms with Crippen molar-refractivity contribution < 1.29 is 8.42 Å². The van der Waals surface area contributed by atoms with Crippen LogP contribution in [-0.2, 0) is 10.0 Å². The maximum Gasteiger partial charge on any atom is 0.257 e. The Hall–Kier alpha value is -0.530. The topological polar surface area (TPSA) is 74.8 Å². The highest BCUT2D eigenvalue weighted by atomic mass is 32.2. The maximum absolute atomic E-state index is 12.1. The Morgan fingerprint density at radius 1 is 1.39 bits per heavy atom. The van der Waals surface area contributed by atoms with Crippen LogP contribution in [0, 0.1) is 6.92 Å². The summed E-state index contributed by atoms with van der Waals surface area (Å²) < 4.78 is 26.9. The lowest BCUT2D eigenvalue weighted by atomic mass is 9.96. The summed E-state index contributed by atoms with van der Waals surface area (Å²) in [4.78, 5) is 6.68. The third kappa shape index (κ3) is 3.27. The fourth-order valence-corrected chi connectivity index (χ4v) is 4.25. The van der Waals surface area contributed by atoms with Crippen LogP contribution in [0.25, 0.3) is 0 Å². The fourth-order valence-electron chi connectivity index (χ4n) is 2.23. The second-order valence-electron chi connectivity index (χ2n) is 4.66. The number of thioether (sulfide) groups is 1. The molecule has 0 amide bonds. The van der Waals surface area contributed by atoms with Crippen molar-refractivity contribution in [3.63, 3.8) is 0 Å². The van der Waals surface area contributed by atoms with Crippen LogP contribution in [0.5, 0.6) is 0 Å². The van der Waals surface area contributed by atoms with Crippen LogP contribution in [0.2, 0.25) is 0 Å². The normalized spacial score (nSPS) is 25.2. The molecule has 2 rings (SSSR count). The average molecular weight is 289 g/mol. The van der Waals surface area contributed by atoms with Crippen molar-refractivity contribution in [3.8, 4) is 0 Å². The highest BCUT2D eigenvalue weighted by Gasteiger charge is 2.26. The zero-order valence-corrected chi connectivity index (χ0v) is 12.3. The maximum atomic E-state index is 12.1. The molecule has 1 fully saturated rings. The van der Waals surface area contributed by atoms with E-state index in [-0.39, 0.29) is 11.1 Å². The van der Waals surface area contributed by atoms with Crippen LogP contribution in [0.15, 0.2) is 11.2 Å². The first-order valence-electron chi connectivity index (χ1n) is 6.08. The van der Waals surface area contributed by atoms with Crippen molar-refractivity contribution in [2.24, 2.45) is 0 Å². The van der Waals surface area contributed by atoms with Gasteiger partial charge in [0.15, 0.2) is 5.03 Å². The average Bonchev–Trinajstić information content (AvgIpc) is 2.77. The van der Waals surface area contributed by atoms with E-state index in [2.05, 4.69) is 20.9 Å². The lowest BCUT2D eigenvalue weighted by Crippen LogP contribution is -2.38. The Morgan fingerprint density at radius 2 is 2.06 bits per heavy atom. The molecular formula is C11H19N3O2S2. The lowest BCUT2D eigenvalue weighted by molar-refractivity contribution is 0.419. The first-order chi connectivity index (χ1) is 8.51. The summed E-state index contributed by atoms with van der Waals surface area (Å²) in [5.41, 5.74) is 0. The van der Waals surface area contributed by atoms with Gasteiger partial charge in [0.1, 0.15) is 5.82 Å². The summed E-state index contributed by atoms with van der Waals surface area (Å²) in [7, 11) is -3.44. The molecule has 1 aliphatic carbocycles. The molecule has 1 aliphatic rings. The van der Waals surface area contributed by atoms with Crippen LogP contribution in [-0.4, -0.2) is 35.9 Å². The number of aryl methyl sites for hydroxylation is 1. The lowest BCUT2D eigenvalue weighted by Gasteiger charge is -2.27. The van der Waals surface area contributed by atoms with Gasteiger partial charge in [0.25, 0.3) is 10.0 Å². The van der Waals surface area contributed by atoms with E-state index in [1.165, 1.54) is 6.20 Å². The number of sulfonamides is 1. The highest BCUT2D eigenvalue weighted by molar-refractivity contribution is 7.99. The molecule has 0 aromatic carbocycles. The Balaban J connectivity index is 1.97. The minimum absolute atomic E-state index is 0.0574. The molecule has 0 bridgehead atoms. The van der Waals surface area contributed by atoms with E-state index < -0.39 is 10.0 Å². The smallest absolute Gasteiger partial charge is 0.257 e. The van der Waals surface area contributed by atoms with Gasteiger partial charge in [-0.25, -0.2) is 18.1 Å². The molecule has 0 unspecified atom stereocenters. The van der Waals surface area contributed by atoms with Crippen LogP contribution in [0.4, 0.5) is 0 Å². The number of imidazole rings is 1. The molecule has 0 atom stereocenters. The number of hydrogen-bond acceptors (Lipinski definition) is 4. The molecule has 18 heavy (non-hydrogen) atoms. The van der Waals surface area contributed by atoms with Crippen molar-refractivity contribution >= 4 is 21.8 Å². The van der Waals surface area contributed by atoms with Gasteiger partial charge in [0, 0.05) is 11.3 Å². The Labute approximate surface area is 112 Å². The Bertz CT molecular complexity index is 490. The number of aromatic amines is 1. The van der Waals surface area contributed by atoms with Gasteiger partial charge in [0.05, 0.1) is 6.20 Å². The number of nitrogens with one attached hydrogen (secondary N) is 2. The molecule has 1 aromatic rings. The van der Waals surface area contributed by atoms with Gasteiger partial charge in [-0.15, -0.1) is 0 Å². The van der Waals surface area contributed by atoms with Gasteiger partial charge < -0.3 is 4.98 Å². The van der Waals surface area contributed by atoms with Gasteiger partial charge in [-0.3, -0.25) is 0 Å². The number of aromatic nitrogens is 2. The Morgan fingerprint density at radius 3 is 2.56 bits per heavy atom.